The predicted molar refractivity (Wildman–Crippen MR) is 149 cm³/mol. The molecule has 0 bridgehead atoms. The molecule has 202 valence electrons. The number of carbonyl (C=O) groups is 3. The van der Waals surface area contributed by atoms with E-state index in [0.717, 1.165) is 0 Å². The Labute approximate surface area is 235 Å². The molecule has 3 aromatic carbocycles. The molecule has 1 fully saturated rings. The van der Waals surface area contributed by atoms with Crippen molar-refractivity contribution >= 4 is 58.1 Å². The summed E-state index contributed by atoms with van der Waals surface area (Å²) in [5, 5.41) is 3.12. The summed E-state index contributed by atoms with van der Waals surface area (Å²) in [5.74, 6) is -1.42. The Hall–Kier alpha value is -4.02. The molecule has 1 N–H and O–H groups in total. The Morgan fingerprint density at radius 3 is 2.46 bits per heavy atom. The number of methoxy groups -OCH3 is 1. The van der Waals surface area contributed by atoms with E-state index in [1.54, 1.807) is 55.5 Å². The average Bonchev–Trinajstić information content (AvgIpc) is 3.14. The van der Waals surface area contributed by atoms with Gasteiger partial charge in [-0.25, -0.2) is 9.18 Å². The molecule has 39 heavy (non-hydrogen) atoms. The third-order valence-corrected chi connectivity index (χ3v) is 6.78. The second-order valence-corrected chi connectivity index (χ2v) is 9.33. The van der Waals surface area contributed by atoms with Crippen molar-refractivity contribution in [1.29, 1.82) is 0 Å². The van der Waals surface area contributed by atoms with Crippen molar-refractivity contribution in [3.8, 4) is 5.75 Å². The fourth-order valence-electron chi connectivity index (χ4n) is 4.15. The lowest BCUT2D eigenvalue weighted by Crippen LogP contribution is -2.37. The maximum atomic E-state index is 14.5. The van der Waals surface area contributed by atoms with Crippen molar-refractivity contribution in [2.45, 2.75) is 25.9 Å². The van der Waals surface area contributed by atoms with Gasteiger partial charge in [-0.05, 0) is 67.7 Å². The first kappa shape index (κ1) is 28.0. The maximum Gasteiger partial charge on any atom is 0.338 e. The van der Waals surface area contributed by atoms with Crippen LogP contribution in [0.2, 0.25) is 5.02 Å². The molecule has 0 aromatic heterocycles. The number of anilines is 2. The van der Waals surface area contributed by atoms with Crippen LogP contribution in [0, 0.1) is 5.82 Å². The van der Waals surface area contributed by atoms with Crippen LogP contribution in [0.5, 0.6) is 5.75 Å². The molecular formula is C28H25ClFN3O5S. The first-order chi connectivity index (χ1) is 18.7. The van der Waals surface area contributed by atoms with Crippen LogP contribution in [0.15, 0.2) is 66.7 Å². The first-order valence-electron chi connectivity index (χ1n) is 12.0. The first-order valence-corrected chi connectivity index (χ1v) is 12.8. The van der Waals surface area contributed by atoms with Crippen molar-refractivity contribution < 1.29 is 28.2 Å². The molecule has 0 aliphatic carbocycles. The van der Waals surface area contributed by atoms with Crippen molar-refractivity contribution in [2.24, 2.45) is 0 Å². The van der Waals surface area contributed by atoms with Gasteiger partial charge in [0.1, 0.15) is 17.6 Å². The Morgan fingerprint density at radius 2 is 1.82 bits per heavy atom. The highest BCUT2D eigenvalue weighted by Crippen LogP contribution is 2.34. The molecule has 1 saturated heterocycles. The molecule has 11 heteroatoms. The molecule has 1 unspecified atom stereocenters. The zero-order valence-electron chi connectivity index (χ0n) is 21.1. The van der Waals surface area contributed by atoms with Crippen LogP contribution >= 0.6 is 23.8 Å². The zero-order valence-corrected chi connectivity index (χ0v) is 22.7. The summed E-state index contributed by atoms with van der Waals surface area (Å²) in [6.45, 7) is 1.93. The summed E-state index contributed by atoms with van der Waals surface area (Å²) < 4.78 is 24.7. The summed E-state index contributed by atoms with van der Waals surface area (Å²) in [6.07, 6.45) is -0.257. The smallest absolute Gasteiger partial charge is 0.338 e. The average molecular weight is 570 g/mol. The molecule has 0 radical (unpaired) electrons. The molecule has 8 nitrogen and oxygen atoms in total. The number of esters is 1. The monoisotopic (exact) mass is 569 g/mol. The topological polar surface area (TPSA) is 88.2 Å². The Bertz CT molecular complexity index is 1420. The standard InChI is InChI=1S/C28H25ClFN3O5S/c1-3-38-27(36)17-8-10-19(11-9-17)31-25(34)15-23-26(35)33(20-12-13-24(37-2)21(29)14-20)28(39)32(23)16-18-6-4-5-7-22(18)30/h4-14,23H,3,15-16H2,1-2H3,(H,31,34). The van der Waals surface area contributed by atoms with Crippen molar-refractivity contribution in [3.63, 3.8) is 0 Å². The summed E-state index contributed by atoms with van der Waals surface area (Å²) >= 11 is 11.9. The van der Waals surface area contributed by atoms with Gasteiger partial charge in [-0.3, -0.25) is 14.5 Å². The number of thiocarbonyl (C=S) groups is 1. The molecule has 0 saturated carbocycles. The van der Waals surface area contributed by atoms with Crippen LogP contribution in [0.3, 0.4) is 0 Å². The van der Waals surface area contributed by atoms with Gasteiger partial charge < -0.3 is 19.7 Å². The highest BCUT2D eigenvalue weighted by Gasteiger charge is 2.44. The fraction of sp³-hybridized carbons (Fsp3) is 0.214. The number of benzene rings is 3. The molecule has 1 heterocycles. The summed E-state index contributed by atoms with van der Waals surface area (Å²) in [4.78, 5) is 41.4. The largest absolute Gasteiger partial charge is 0.495 e. The molecule has 1 aliphatic rings. The minimum absolute atomic E-state index is 0.0240. The van der Waals surface area contributed by atoms with E-state index in [0.29, 0.717) is 28.3 Å². The molecule has 1 atom stereocenters. The van der Waals surface area contributed by atoms with E-state index >= 15 is 0 Å². The number of amides is 2. The summed E-state index contributed by atoms with van der Waals surface area (Å²) in [5.41, 5.74) is 1.49. The minimum atomic E-state index is -1.00. The van der Waals surface area contributed by atoms with Crippen LogP contribution in [0.4, 0.5) is 15.8 Å². The van der Waals surface area contributed by atoms with Gasteiger partial charge in [0.25, 0.3) is 5.91 Å². The lowest BCUT2D eigenvalue weighted by molar-refractivity contribution is -0.124. The Kier molecular flexibility index (Phi) is 8.78. The highest BCUT2D eigenvalue weighted by molar-refractivity contribution is 7.80. The summed E-state index contributed by atoms with van der Waals surface area (Å²) in [6, 6.07) is 16.1. The van der Waals surface area contributed by atoms with Crippen LogP contribution in [0.25, 0.3) is 0 Å². The van der Waals surface area contributed by atoms with E-state index in [4.69, 9.17) is 33.3 Å². The Morgan fingerprint density at radius 1 is 1.10 bits per heavy atom. The third-order valence-electron chi connectivity index (χ3n) is 6.07. The van der Waals surface area contributed by atoms with Crippen molar-refractivity contribution in [1.82, 2.24) is 4.90 Å². The van der Waals surface area contributed by atoms with Gasteiger partial charge in [0.15, 0.2) is 5.11 Å². The van der Waals surface area contributed by atoms with Crippen LogP contribution in [-0.2, 0) is 20.9 Å². The lowest BCUT2D eigenvalue weighted by atomic mass is 10.1. The number of nitrogens with zero attached hydrogens (tertiary/aromatic N) is 2. The predicted octanol–water partition coefficient (Wildman–Crippen LogP) is 5.20. The van der Waals surface area contributed by atoms with Gasteiger partial charge in [0, 0.05) is 17.8 Å². The van der Waals surface area contributed by atoms with Gasteiger partial charge in [0.2, 0.25) is 5.91 Å². The number of hydrogen-bond donors (Lipinski definition) is 1. The van der Waals surface area contributed by atoms with E-state index in [2.05, 4.69) is 5.32 Å². The lowest BCUT2D eigenvalue weighted by Gasteiger charge is -2.24. The quantitative estimate of drug-likeness (QED) is 0.280. The normalized spacial score (nSPS) is 14.9. The second-order valence-electron chi connectivity index (χ2n) is 8.56. The third kappa shape index (κ3) is 6.18. The molecule has 3 aromatic rings. The van der Waals surface area contributed by atoms with E-state index in [1.165, 1.54) is 35.1 Å². The number of rotatable bonds is 9. The van der Waals surface area contributed by atoms with E-state index in [-0.39, 0.29) is 29.7 Å². The van der Waals surface area contributed by atoms with Gasteiger partial charge >= 0.3 is 5.97 Å². The molecule has 2 amide bonds. The van der Waals surface area contributed by atoms with Crippen LogP contribution < -0.4 is 15.0 Å². The van der Waals surface area contributed by atoms with Gasteiger partial charge in [-0.15, -0.1) is 0 Å². The second kappa shape index (κ2) is 12.2. The summed E-state index contributed by atoms with van der Waals surface area (Å²) in [7, 11) is 1.47. The van der Waals surface area contributed by atoms with Gasteiger partial charge in [-0.2, -0.15) is 0 Å². The van der Waals surface area contributed by atoms with Gasteiger partial charge in [-0.1, -0.05) is 29.8 Å². The molecule has 0 spiro atoms. The Balaban J connectivity index is 1.58. The van der Waals surface area contributed by atoms with E-state index in [9.17, 15) is 18.8 Å². The number of halogens is 2. The van der Waals surface area contributed by atoms with Crippen LogP contribution in [-0.4, -0.2) is 47.6 Å². The van der Waals surface area contributed by atoms with Crippen molar-refractivity contribution in [2.75, 3.05) is 23.9 Å². The zero-order chi connectivity index (χ0) is 28.1. The number of hydrogen-bond acceptors (Lipinski definition) is 6. The van der Waals surface area contributed by atoms with E-state index < -0.39 is 29.6 Å². The van der Waals surface area contributed by atoms with Gasteiger partial charge in [0.05, 0.1) is 36.4 Å². The molecule has 4 rings (SSSR count). The van der Waals surface area contributed by atoms with E-state index in [1.807, 2.05) is 0 Å². The SMILES string of the molecule is CCOC(=O)c1ccc(NC(=O)CC2C(=O)N(c3ccc(OC)c(Cl)c3)C(=S)N2Cc2ccccc2F)cc1. The minimum Gasteiger partial charge on any atom is -0.495 e. The number of nitrogens with one attached hydrogen (secondary N) is 1. The number of carbonyl (C=O) groups excluding carboxylic acids is 3. The highest BCUT2D eigenvalue weighted by atomic mass is 35.5. The fourth-order valence-corrected chi connectivity index (χ4v) is 4.79. The molecule has 1 aliphatic heterocycles. The van der Waals surface area contributed by atoms with Crippen molar-refractivity contribution in [3.05, 3.63) is 88.7 Å². The number of ether oxygens (including phenoxy) is 2. The van der Waals surface area contributed by atoms with Crippen LogP contribution in [0.1, 0.15) is 29.3 Å². The maximum absolute atomic E-state index is 14.5. The molecular weight excluding hydrogens is 545 g/mol.